The number of alkyl halides is 5. The number of benzene rings is 1. The van der Waals surface area contributed by atoms with Gasteiger partial charge in [-0.1, -0.05) is 6.07 Å². The normalized spacial score (nSPS) is 12.1. The van der Waals surface area contributed by atoms with Crippen LogP contribution in [0, 0.1) is 0 Å². The zero-order chi connectivity index (χ0) is 14.0. The lowest BCUT2D eigenvalue weighted by Gasteiger charge is -2.17. The molecule has 0 saturated heterocycles. The molecule has 0 bridgehead atoms. The van der Waals surface area contributed by atoms with E-state index in [0.29, 0.717) is 0 Å². The lowest BCUT2D eigenvalue weighted by Crippen LogP contribution is -2.46. The van der Waals surface area contributed by atoms with E-state index in [1.54, 1.807) is 0 Å². The van der Waals surface area contributed by atoms with Crippen molar-refractivity contribution < 1.29 is 36.2 Å². The quantitative estimate of drug-likeness (QED) is 0.481. The highest BCUT2D eigenvalue weighted by molar-refractivity contribution is 5.80. The number of methoxy groups -OCH3 is 1. The van der Waals surface area contributed by atoms with E-state index in [9.17, 15) is 26.7 Å². The molecular weight excluding hydrogens is 263 g/mol. The molecule has 0 spiro atoms. The Bertz CT molecular complexity index is 441. The smallest absolute Gasteiger partial charge is 0.465 e. The molecule has 0 fully saturated rings. The van der Waals surface area contributed by atoms with Crippen LogP contribution in [0.5, 0.6) is 11.5 Å². The summed E-state index contributed by atoms with van der Waals surface area (Å²) in [5.41, 5.74) is 0. The fraction of sp³-hybridized carbons (Fsp3) is 0.300. The van der Waals surface area contributed by atoms with Crippen LogP contribution in [0.4, 0.5) is 22.0 Å². The van der Waals surface area contributed by atoms with E-state index in [2.05, 4.69) is 9.47 Å². The molecular formula is C10H7F5O3. The second-order valence-electron chi connectivity index (χ2n) is 3.14. The Morgan fingerprint density at radius 3 is 2.17 bits per heavy atom. The van der Waals surface area contributed by atoms with Crippen molar-refractivity contribution in [2.24, 2.45) is 0 Å². The average molecular weight is 270 g/mol. The molecule has 8 heteroatoms. The van der Waals surface area contributed by atoms with Crippen molar-refractivity contribution in [2.75, 3.05) is 7.11 Å². The number of carbonyl (C=O) groups excluding carboxylic acids is 1. The summed E-state index contributed by atoms with van der Waals surface area (Å²) >= 11 is 0. The molecule has 0 aliphatic heterocycles. The molecule has 0 N–H and O–H groups in total. The summed E-state index contributed by atoms with van der Waals surface area (Å²) in [6.45, 7) is 0. The van der Waals surface area contributed by atoms with Crippen molar-refractivity contribution in [1.29, 1.82) is 0 Å². The first-order valence-corrected chi connectivity index (χ1v) is 4.49. The maximum absolute atomic E-state index is 12.6. The third-order valence-corrected chi connectivity index (χ3v) is 1.86. The van der Waals surface area contributed by atoms with E-state index in [1.165, 1.54) is 19.2 Å². The number of halogens is 5. The monoisotopic (exact) mass is 270 g/mol. The van der Waals surface area contributed by atoms with Gasteiger partial charge in [-0.15, -0.1) is 0 Å². The molecule has 0 aliphatic carbocycles. The first-order valence-electron chi connectivity index (χ1n) is 4.49. The standard InChI is InChI=1S/C10H7F5O3/c1-17-6-3-2-4-7(5-6)18-8(16)9(11,12)10(13,14)15/h2-5H,1H3. The minimum Gasteiger partial charge on any atom is -0.497 e. The second-order valence-corrected chi connectivity index (χ2v) is 3.14. The largest absolute Gasteiger partial charge is 0.497 e. The van der Waals surface area contributed by atoms with Crippen LogP contribution in [0.1, 0.15) is 0 Å². The van der Waals surface area contributed by atoms with Crippen molar-refractivity contribution in [3.8, 4) is 11.5 Å². The van der Waals surface area contributed by atoms with Gasteiger partial charge in [0.05, 0.1) is 7.11 Å². The topological polar surface area (TPSA) is 35.5 Å². The van der Waals surface area contributed by atoms with Crippen LogP contribution in [0.15, 0.2) is 24.3 Å². The third kappa shape index (κ3) is 2.88. The van der Waals surface area contributed by atoms with E-state index in [4.69, 9.17) is 0 Å². The van der Waals surface area contributed by atoms with Gasteiger partial charge in [-0.2, -0.15) is 22.0 Å². The van der Waals surface area contributed by atoms with Gasteiger partial charge in [0, 0.05) is 6.07 Å². The Morgan fingerprint density at radius 2 is 1.67 bits per heavy atom. The molecule has 0 aliphatic rings. The van der Waals surface area contributed by atoms with E-state index >= 15 is 0 Å². The molecule has 0 aromatic heterocycles. The number of carbonyl (C=O) groups is 1. The minimum absolute atomic E-state index is 0.149. The molecule has 3 nitrogen and oxygen atoms in total. The molecule has 0 radical (unpaired) electrons. The van der Waals surface area contributed by atoms with E-state index in [0.717, 1.165) is 12.1 Å². The van der Waals surface area contributed by atoms with Gasteiger partial charge in [0.1, 0.15) is 11.5 Å². The van der Waals surface area contributed by atoms with Crippen LogP contribution in [0.3, 0.4) is 0 Å². The van der Waals surface area contributed by atoms with E-state index in [-0.39, 0.29) is 5.75 Å². The maximum atomic E-state index is 12.6. The van der Waals surface area contributed by atoms with Gasteiger partial charge >= 0.3 is 18.1 Å². The van der Waals surface area contributed by atoms with Crippen molar-refractivity contribution in [1.82, 2.24) is 0 Å². The summed E-state index contributed by atoms with van der Waals surface area (Å²) in [6, 6.07) is 4.73. The fourth-order valence-corrected chi connectivity index (χ4v) is 0.952. The fourth-order valence-electron chi connectivity index (χ4n) is 0.952. The van der Waals surface area contributed by atoms with Gasteiger partial charge in [0.15, 0.2) is 0 Å². The summed E-state index contributed by atoms with van der Waals surface area (Å²) in [6.07, 6.45) is -6.00. The summed E-state index contributed by atoms with van der Waals surface area (Å²) < 4.78 is 69.3. The van der Waals surface area contributed by atoms with Crippen LogP contribution < -0.4 is 9.47 Å². The van der Waals surface area contributed by atoms with Gasteiger partial charge < -0.3 is 9.47 Å². The molecule has 0 atom stereocenters. The highest BCUT2D eigenvalue weighted by atomic mass is 19.4. The average Bonchev–Trinajstić information content (AvgIpc) is 2.27. The summed E-state index contributed by atoms with van der Waals surface area (Å²) in [4.78, 5) is 10.7. The number of ether oxygens (including phenoxy) is 2. The third-order valence-electron chi connectivity index (χ3n) is 1.86. The zero-order valence-electron chi connectivity index (χ0n) is 8.92. The molecule has 0 amide bonds. The second kappa shape index (κ2) is 4.79. The van der Waals surface area contributed by atoms with Crippen molar-refractivity contribution in [2.45, 2.75) is 12.1 Å². The van der Waals surface area contributed by atoms with Crippen LogP contribution in [-0.4, -0.2) is 25.2 Å². The minimum atomic E-state index is -6.00. The molecule has 1 aromatic carbocycles. The first kappa shape index (κ1) is 14.2. The van der Waals surface area contributed by atoms with Crippen molar-refractivity contribution >= 4 is 5.97 Å². The lowest BCUT2D eigenvalue weighted by atomic mass is 10.3. The number of hydrogen-bond acceptors (Lipinski definition) is 3. The van der Waals surface area contributed by atoms with Gasteiger partial charge in [0.2, 0.25) is 0 Å². The molecule has 100 valence electrons. The Kier molecular flexibility index (Phi) is 3.78. The van der Waals surface area contributed by atoms with Gasteiger partial charge in [0.25, 0.3) is 0 Å². The number of hydrogen-bond donors (Lipinski definition) is 0. The highest BCUT2D eigenvalue weighted by Crippen LogP contribution is 2.36. The zero-order valence-corrected chi connectivity index (χ0v) is 8.92. The first-order chi connectivity index (χ1) is 8.18. The summed E-state index contributed by atoms with van der Waals surface area (Å²) in [5.74, 6) is -8.57. The molecule has 18 heavy (non-hydrogen) atoms. The van der Waals surface area contributed by atoms with Gasteiger partial charge in [-0.3, -0.25) is 0 Å². The van der Waals surface area contributed by atoms with E-state index < -0.39 is 23.8 Å². The predicted octanol–water partition coefficient (Wildman–Crippen LogP) is 2.80. The Hall–Kier alpha value is -1.86. The predicted molar refractivity (Wildman–Crippen MR) is 49.6 cm³/mol. The SMILES string of the molecule is COc1cccc(OC(=O)C(F)(F)C(F)(F)F)c1. The number of esters is 1. The number of rotatable bonds is 3. The molecule has 1 rings (SSSR count). The Morgan fingerprint density at radius 1 is 1.11 bits per heavy atom. The highest BCUT2D eigenvalue weighted by Gasteiger charge is 2.65. The Labute approximate surface area is 98.1 Å². The van der Waals surface area contributed by atoms with Gasteiger partial charge in [-0.25, -0.2) is 4.79 Å². The lowest BCUT2D eigenvalue weighted by molar-refractivity contribution is -0.276. The summed E-state index contributed by atoms with van der Waals surface area (Å²) in [5, 5.41) is 0. The van der Waals surface area contributed by atoms with E-state index in [1.807, 2.05) is 0 Å². The van der Waals surface area contributed by atoms with Crippen LogP contribution in [-0.2, 0) is 4.79 Å². The molecule has 0 unspecified atom stereocenters. The van der Waals surface area contributed by atoms with Crippen LogP contribution in [0.25, 0.3) is 0 Å². The summed E-state index contributed by atoms with van der Waals surface area (Å²) in [7, 11) is 1.26. The maximum Gasteiger partial charge on any atom is 0.465 e. The Balaban J connectivity index is 2.88. The van der Waals surface area contributed by atoms with Crippen molar-refractivity contribution in [3.63, 3.8) is 0 Å². The van der Waals surface area contributed by atoms with Crippen LogP contribution >= 0.6 is 0 Å². The van der Waals surface area contributed by atoms with Gasteiger partial charge in [-0.05, 0) is 12.1 Å². The van der Waals surface area contributed by atoms with Crippen molar-refractivity contribution in [3.05, 3.63) is 24.3 Å². The molecule has 0 saturated carbocycles. The van der Waals surface area contributed by atoms with Crippen LogP contribution in [0.2, 0.25) is 0 Å². The molecule has 0 heterocycles. The molecule has 1 aromatic rings.